The topological polar surface area (TPSA) is 65.2 Å². The molecule has 0 aliphatic heterocycles. The highest BCUT2D eigenvalue weighted by Gasteiger charge is 2.12. The van der Waals surface area contributed by atoms with Crippen molar-refractivity contribution in [2.45, 2.75) is 13.8 Å². The van der Waals surface area contributed by atoms with Crippen molar-refractivity contribution in [3.05, 3.63) is 88.2 Å². The first-order valence-corrected chi connectivity index (χ1v) is 9.47. The highest BCUT2D eigenvalue weighted by Crippen LogP contribution is 2.18. The van der Waals surface area contributed by atoms with Crippen molar-refractivity contribution >= 4 is 11.6 Å². The third-order valence-electron chi connectivity index (χ3n) is 4.74. The highest BCUT2D eigenvalue weighted by atomic mass is 16.2. The number of aromatic amines is 1. The van der Waals surface area contributed by atoms with Crippen LogP contribution in [-0.4, -0.2) is 30.5 Å². The monoisotopic (exact) mass is 375 g/mol. The molecule has 2 N–H and O–H groups in total. The summed E-state index contributed by atoms with van der Waals surface area (Å²) in [6.45, 7) is 6.13. The maximum Gasteiger partial charge on any atom is 0.261 e. The van der Waals surface area contributed by atoms with Crippen molar-refractivity contribution < 1.29 is 4.79 Å². The first kappa shape index (κ1) is 19.4. The van der Waals surface area contributed by atoms with Crippen LogP contribution in [0.15, 0.2) is 71.5 Å². The molecule has 3 aromatic rings. The molecule has 0 aliphatic carbocycles. The van der Waals surface area contributed by atoms with E-state index in [0.29, 0.717) is 18.8 Å². The maximum atomic E-state index is 12.4. The van der Waals surface area contributed by atoms with Gasteiger partial charge in [0.1, 0.15) is 5.56 Å². The molecule has 5 nitrogen and oxygen atoms in total. The summed E-state index contributed by atoms with van der Waals surface area (Å²) in [5.41, 5.74) is 3.69. The fourth-order valence-electron chi connectivity index (χ4n) is 3.21. The summed E-state index contributed by atoms with van der Waals surface area (Å²) in [6.07, 6.45) is 0. The van der Waals surface area contributed by atoms with E-state index < -0.39 is 0 Å². The standard InChI is InChI=1S/C23H25N3O2/c1-3-26(21-12-8-7-9-17(21)2)16-15-24-22(27)19-13-14-20(25-23(19)28)18-10-5-4-6-11-18/h4-14H,3,15-16H2,1-2H3,(H,24,27)(H,25,28). The number of aryl methyl sites for hydroxylation is 1. The van der Waals surface area contributed by atoms with Crippen LogP contribution >= 0.6 is 0 Å². The van der Waals surface area contributed by atoms with E-state index in [1.807, 2.05) is 42.5 Å². The molecular weight excluding hydrogens is 350 g/mol. The number of carbonyl (C=O) groups excluding carboxylic acids is 1. The lowest BCUT2D eigenvalue weighted by atomic mass is 10.1. The average molecular weight is 375 g/mol. The minimum absolute atomic E-state index is 0.124. The number of anilines is 1. The second-order valence-corrected chi connectivity index (χ2v) is 6.60. The molecule has 0 fully saturated rings. The zero-order valence-corrected chi connectivity index (χ0v) is 16.2. The number of pyridine rings is 1. The number of para-hydroxylation sites is 1. The van der Waals surface area contributed by atoms with E-state index in [0.717, 1.165) is 17.8 Å². The van der Waals surface area contributed by atoms with E-state index in [-0.39, 0.29) is 17.0 Å². The quantitative estimate of drug-likeness (QED) is 0.663. The van der Waals surface area contributed by atoms with Gasteiger partial charge >= 0.3 is 0 Å². The maximum absolute atomic E-state index is 12.4. The SMILES string of the molecule is CCN(CCNC(=O)c1ccc(-c2ccccc2)[nH]c1=O)c1ccccc1C. The number of nitrogens with one attached hydrogen (secondary N) is 2. The van der Waals surface area contributed by atoms with Crippen LogP contribution in [0.5, 0.6) is 0 Å². The summed E-state index contributed by atoms with van der Waals surface area (Å²) in [4.78, 5) is 29.8. The van der Waals surface area contributed by atoms with Gasteiger partial charge in [-0.2, -0.15) is 0 Å². The summed E-state index contributed by atoms with van der Waals surface area (Å²) in [5.74, 6) is -0.360. The van der Waals surface area contributed by atoms with Crippen LogP contribution in [0.1, 0.15) is 22.8 Å². The number of hydrogen-bond donors (Lipinski definition) is 2. The third kappa shape index (κ3) is 4.49. The molecule has 0 radical (unpaired) electrons. The third-order valence-corrected chi connectivity index (χ3v) is 4.74. The van der Waals surface area contributed by atoms with E-state index in [4.69, 9.17) is 0 Å². The zero-order chi connectivity index (χ0) is 19.9. The number of likely N-dealkylation sites (N-methyl/N-ethyl adjacent to an activating group) is 1. The Morgan fingerprint density at radius 1 is 1.00 bits per heavy atom. The Kier molecular flexibility index (Phi) is 6.27. The zero-order valence-electron chi connectivity index (χ0n) is 16.2. The second-order valence-electron chi connectivity index (χ2n) is 6.60. The molecular formula is C23H25N3O2. The van der Waals surface area contributed by atoms with Crippen molar-refractivity contribution in [2.24, 2.45) is 0 Å². The van der Waals surface area contributed by atoms with Gasteiger partial charge in [0.2, 0.25) is 0 Å². The second kappa shape index (κ2) is 9.04. The number of benzene rings is 2. The minimum Gasteiger partial charge on any atom is -0.370 e. The van der Waals surface area contributed by atoms with Crippen LogP contribution in [0.25, 0.3) is 11.3 Å². The van der Waals surface area contributed by atoms with Gasteiger partial charge in [-0.25, -0.2) is 0 Å². The molecule has 0 aliphatic rings. The smallest absolute Gasteiger partial charge is 0.261 e. The molecule has 0 unspecified atom stereocenters. The summed E-state index contributed by atoms with van der Waals surface area (Å²) in [6, 6.07) is 21.1. The molecule has 0 atom stereocenters. The summed E-state index contributed by atoms with van der Waals surface area (Å²) in [5, 5.41) is 2.85. The summed E-state index contributed by atoms with van der Waals surface area (Å²) in [7, 11) is 0. The minimum atomic E-state index is -0.384. The summed E-state index contributed by atoms with van der Waals surface area (Å²) < 4.78 is 0. The Labute approximate surface area is 165 Å². The van der Waals surface area contributed by atoms with E-state index in [9.17, 15) is 9.59 Å². The predicted molar refractivity (Wildman–Crippen MR) is 114 cm³/mol. The van der Waals surface area contributed by atoms with Crippen molar-refractivity contribution in [1.82, 2.24) is 10.3 Å². The average Bonchev–Trinajstić information content (AvgIpc) is 2.72. The normalized spacial score (nSPS) is 10.5. The number of aromatic nitrogens is 1. The fourth-order valence-corrected chi connectivity index (χ4v) is 3.21. The van der Waals surface area contributed by atoms with Crippen molar-refractivity contribution in [3.8, 4) is 11.3 Å². The first-order chi connectivity index (χ1) is 13.6. The van der Waals surface area contributed by atoms with E-state index in [1.54, 1.807) is 12.1 Å². The first-order valence-electron chi connectivity index (χ1n) is 9.47. The highest BCUT2D eigenvalue weighted by molar-refractivity contribution is 5.94. The van der Waals surface area contributed by atoms with Gasteiger partial charge in [0, 0.05) is 31.0 Å². The van der Waals surface area contributed by atoms with Gasteiger partial charge in [-0.05, 0) is 43.2 Å². The molecule has 3 rings (SSSR count). The fraction of sp³-hybridized carbons (Fsp3) is 0.217. The lowest BCUT2D eigenvalue weighted by Crippen LogP contribution is -2.37. The number of rotatable bonds is 7. The largest absolute Gasteiger partial charge is 0.370 e. The Hall–Kier alpha value is -3.34. The van der Waals surface area contributed by atoms with Crippen LogP contribution in [0, 0.1) is 6.92 Å². The molecule has 5 heteroatoms. The molecule has 144 valence electrons. The molecule has 0 saturated carbocycles. The molecule has 0 bridgehead atoms. The number of H-pyrrole nitrogens is 1. The van der Waals surface area contributed by atoms with Crippen LogP contribution < -0.4 is 15.8 Å². The van der Waals surface area contributed by atoms with E-state index >= 15 is 0 Å². The molecule has 1 heterocycles. The number of amides is 1. The number of carbonyl (C=O) groups is 1. The van der Waals surface area contributed by atoms with Crippen molar-refractivity contribution in [1.29, 1.82) is 0 Å². The Balaban J connectivity index is 1.63. The van der Waals surface area contributed by atoms with E-state index in [1.165, 1.54) is 5.56 Å². The molecule has 28 heavy (non-hydrogen) atoms. The summed E-state index contributed by atoms with van der Waals surface area (Å²) >= 11 is 0. The van der Waals surface area contributed by atoms with Crippen LogP contribution in [0.4, 0.5) is 5.69 Å². The number of nitrogens with zero attached hydrogens (tertiary/aromatic N) is 1. The van der Waals surface area contributed by atoms with Gasteiger partial charge < -0.3 is 15.2 Å². The van der Waals surface area contributed by atoms with Crippen LogP contribution in [0.2, 0.25) is 0 Å². The van der Waals surface area contributed by atoms with Crippen LogP contribution in [-0.2, 0) is 0 Å². The van der Waals surface area contributed by atoms with Crippen LogP contribution in [0.3, 0.4) is 0 Å². The molecule has 1 amide bonds. The van der Waals surface area contributed by atoms with Gasteiger partial charge in [-0.15, -0.1) is 0 Å². The van der Waals surface area contributed by atoms with Gasteiger partial charge in [0.25, 0.3) is 11.5 Å². The van der Waals surface area contributed by atoms with Gasteiger partial charge in [0.05, 0.1) is 0 Å². The van der Waals surface area contributed by atoms with Gasteiger partial charge in [-0.1, -0.05) is 48.5 Å². The number of hydrogen-bond acceptors (Lipinski definition) is 3. The molecule has 1 aromatic heterocycles. The van der Waals surface area contributed by atoms with Gasteiger partial charge in [0.15, 0.2) is 0 Å². The van der Waals surface area contributed by atoms with Crippen molar-refractivity contribution in [3.63, 3.8) is 0 Å². The Morgan fingerprint density at radius 2 is 1.71 bits per heavy atom. The Morgan fingerprint density at radius 3 is 2.39 bits per heavy atom. The lowest BCUT2D eigenvalue weighted by Gasteiger charge is -2.25. The predicted octanol–water partition coefficient (Wildman–Crippen LogP) is 3.61. The van der Waals surface area contributed by atoms with Crippen molar-refractivity contribution in [2.75, 3.05) is 24.5 Å². The molecule has 0 spiro atoms. The van der Waals surface area contributed by atoms with E-state index in [2.05, 4.69) is 41.2 Å². The molecule has 0 saturated heterocycles. The lowest BCUT2D eigenvalue weighted by molar-refractivity contribution is 0.0953. The van der Waals surface area contributed by atoms with Gasteiger partial charge in [-0.3, -0.25) is 9.59 Å². The molecule has 2 aromatic carbocycles. The Bertz CT molecular complexity index is 996.